The fourth-order valence-electron chi connectivity index (χ4n) is 3.56. The number of benzene rings is 3. The minimum atomic E-state index is -0.218. The SMILES string of the molecule is CCCc1nc2ccc(Br)cc2c(=O)n1N=Cc1cc(I)c(OCc2ccc(Cl)c(Cl)c2)c(OC)c1. The Morgan fingerprint density at radius 2 is 1.94 bits per heavy atom. The van der Waals surface area contributed by atoms with Gasteiger partial charge in [-0.1, -0.05) is 52.1 Å². The van der Waals surface area contributed by atoms with Crippen LogP contribution in [0.25, 0.3) is 10.9 Å². The highest BCUT2D eigenvalue weighted by atomic mass is 127. The molecule has 36 heavy (non-hydrogen) atoms. The molecule has 1 aromatic heterocycles. The lowest BCUT2D eigenvalue weighted by molar-refractivity contribution is 0.282. The molecule has 0 saturated heterocycles. The third-order valence-electron chi connectivity index (χ3n) is 5.29. The van der Waals surface area contributed by atoms with E-state index in [1.54, 1.807) is 31.5 Å². The van der Waals surface area contributed by atoms with Gasteiger partial charge in [0.25, 0.3) is 5.56 Å². The number of methoxy groups -OCH3 is 1. The minimum Gasteiger partial charge on any atom is -0.493 e. The van der Waals surface area contributed by atoms with Crippen LogP contribution >= 0.6 is 61.7 Å². The molecule has 0 unspecified atom stereocenters. The number of rotatable bonds is 8. The first-order valence-corrected chi connectivity index (χ1v) is 13.6. The molecule has 0 aliphatic rings. The average Bonchev–Trinajstić information content (AvgIpc) is 2.85. The third kappa shape index (κ3) is 6.04. The second-order valence-corrected chi connectivity index (χ2v) is 10.8. The molecule has 1 heterocycles. The molecule has 0 amide bonds. The van der Waals surface area contributed by atoms with Crippen molar-refractivity contribution < 1.29 is 9.47 Å². The van der Waals surface area contributed by atoms with Crippen molar-refractivity contribution >= 4 is 78.8 Å². The van der Waals surface area contributed by atoms with Crippen molar-refractivity contribution in [2.45, 2.75) is 26.4 Å². The van der Waals surface area contributed by atoms with Gasteiger partial charge in [-0.2, -0.15) is 9.78 Å². The molecule has 0 aliphatic carbocycles. The lowest BCUT2D eigenvalue weighted by Gasteiger charge is -2.14. The number of nitrogens with zero attached hydrogens (tertiary/aromatic N) is 3. The maximum Gasteiger partial charge on any atom is 0.282 e. The maximum absolute atomic E-state index is 13.2. The molecule has 0 atom stereocenters. The topological polar surface area (TPSA) is 65.7 Å². The van der Waals surface area contributed by atoms with E-state index in [2.05, 4.69) is 48.6 Å². The van der Waals surface area contributed by atoms with Crippen LogP contribution in [0.5, 0.6) is 11.5 Å². The van der Waals surface area contributed by atoms with Crippen LogP contribution in [0, 0.1) is 3.57 Å². The number of halogens is 4. The van der Waals surface area contributed by atoms with Crippen molar-refractivity contribution in [1.29, 1.82) is 0 Å². The molecular weight excluding hydrogens is 680 g/mol. The van der Waals surface area contributed by atoms with Crippen molar-refractivity contribution in [3.05, 3.63) is 93.9 Å². The molecule has 4 rings (SSSR count). The number of aryl methyl sites for hydroxylation is 1. The lowest BCUT2D eigenvalue weighted by atomic mass is 10.2. The molecule has 0 N–H and O–H groups in total. The zero-order chi connectivity index (χ0) is 25.8. The van der Waals surface area contributed by atoms with E-state index in [0.717, 1.165) is 25.6 Å². The molecule has 0 spiro atoms. The van der Waals surface area contributed by atoms with E-state index in [-0.39, 0.29) is 5.56 Å². The first kappa shape index (κ1) is 26.9. The van der Waals surface area contributed by atoms with Gasteiger partial charge < -0.3 is 9.47 Å². The van der Waals surface area contributed by atoms with Gasteiger partial charge in [-0.3, -0.25) is 4.79 Å². The fraction of sp³-hybridized carbons (Fsp3) is 0.192. The molecule has 0 fully saturated rings. The molecule has 10 heteroatoms. The van der Waals surface area contributed by atoms with Gasteiger partial charge in [-0.05, 0) is 82.6 Å². The predicted octanol–water partition coefficient (Wildman–Crippen LogP) is 7.49. The summed E-state index contributed by atoms with van der Waals surface area (Å²) in [4.78, 5) is 17.9. The molecule has 0 saturated carbocycles. The Labute approximate surface area is 240 Å². The molecule has 3 aromatic carbocycles. The van der Waals surface area contributed by atoms with E-state index in [4.69, 9.17) is 32.7 Å². The van der Waals surface area contributed by atoms with Gasteiger partial charge in [-0.25, -0.2) is 4.98 Å². The fourth-order valence-corrected chi connectivity index (χ4v) is 5.03. The minimum absolute atomic E-state index is 0.218. The van der Waals surface area contributed by atoms with Crippen LogP contribution in [0.1, 0.15) is 30.3 Å². The van der Waals surface area contributed by atoms with Gasteiger partial charge in [0, 0.05) is 10.9 Å². The van der Waals surface area contributed by atoms with Crippen molar-refractivity contribution in [3.8, 4) is 11.5 Å². The van der Waals surface area contributed by atoms with Crippen molar-refractivity contribution in [3.63, 3.8) is 0 Å². The Bertz CT molecular complexity index is 1530. The van der Waals surface area contributed by atoms with Gasteiger partial charge >= 0.3 is 0 Å². The monoisotopic (exact) mass is 699 g/mol. The van der Waals surface area contributed by atoms with Gasteiger partial charge in [0.05, 0.1) is 37.8 Å². The number of hydrogen-bond acceptors (Lipinski definition) is 5. The molecular formula is C26H21BrCl2IN3O3. The van der Waals surface area contributed by atoms with E-state index in [1.165, 1.54) is 4.68 Å². The van der Waals surface area contributed by atoms with Crippen LogP contribution < -0.4 is 15.0 Å². The Hall–Kier alpha value is -2.14. The highest BCUT2D eigenvalue weighted by Crippen LogP contribution is 2.34. The second kappa shape index (κ2) is 11.9. The summed E-state index contributed by atoms with van der Waals surface area (Å²) in [6.07, 6.45) is 3.08. The first-order chi connectivity index (χ1) is 17.3. The van der Waals surface area contributed by atoms with E-state index in [0.29, 0.717) is 51.3 Å². The van der Waals surface area contributed by atoms with Gasteiger partial charge in [0.2, 0.25) is 0 Å². The van der Waals surface area contributed by atoms with Crippen molar-refractivity contribution in [2.75, 3.05) is 7.11 Å². The first-order valence-electron chi connectivity index (χ1n) is 11.0. The summed E-state index contributed by atoms with van der Waals surface area (Å²) in [5.74, 6) is 1.75. The Kier molecular flexibility index (Phi) is 8.92. The molecule has 6 nitrogen and oxygen atoms in total. The van der Waals surface area contributed by atoms with E-state index >= 15 is 0 Å². The third-order valence-corrected chi connectivity index (χ3v) is 7.32. The summed E-state index contributed by atoms with van der Waals surface area (Å²) in [7, 11) is 1.58. The Balaban J connectivity index is 1.66. The summed E-state index contributed by atoms with van der Waals surface area (Å²) in [5, 5.41) is 5.97. The molecule has 0 aliphatic heterocycles. The van der Waals surface area contributed by atoms with Crippen LogP contribution in [0.15, 0.2) is 62.9 Å². The maximum atomic E-state index is 13.2. The smallest absolute Gasteiger partial charge is 0.282 e. The molecule has 4 aromatic rings. The van der Waals surface area contributed by atoms with Crippen LogP contribution in [-0.4, -0.2) is 23.0 Å². The Morgan fingerprint density at radius 1 is 1.14 bits per heavy atom. The highest BCUT2D eigenvalue weighted by Gasteiger charge is 2.14. The van der Waals surface area contributed by atoms with Crippen LogP contribution in [0.4, 0.5) is 0 Å². The van der Waals surface area contributed by atoms with E-state index in [1.807, 2.05) is 37.3 Å². The van der Waals surface area contributed by atoms with E-state index < -0.39 is 0 Å². The van der Waals surface area contributed by atoms with Crippen LogP contribution in [0.2, 0.25) is 10.0 Å². The number of hydrogen-bond donors (Lipinski definition) is 0. The highest BCUT2D eigenvalue weighted by molar-refractivity contribution is 14.1. The number of fused-ring (bicyclic) bond motifs is 1. The largest absolute Gasteiger partial charge is 0.493 e. The molecule has 186 valence electrons. The molecule has 0 bridgehead atoms. The van der Waals surface area contributed by atoms with E-state index in [9.17, 15) is 4.79 Å². The summed E-state index contributed by atoms with van der Waals surface area (Å²) in [6.45, 7) is 2.33. The lowest BCUT2D eigenvalue weighted by Crippen LogP contribution is -2.22. The summed E-state index contributed by atoms with van der Waals surface area (Å²) in [5.41, 5.74) is 2.06. The summed E-state index contributed by atoms with van der Waals surface area (Å²) >= 11 is 17.7. The summed E-state index contributed by atoms with van der Waals surface area (Å²) < 4.78 is 14.6. The van der Waals surface area contributed by atoms with Gasteiger partial charge in [0.1, 0.15) is 12.4 Å². The van der Waals surface area contributed by atoms with Crippen molar-refractivity contribution in [2.24, 2.45) is 5.10 Å². The normalized spacial score (nSPS) is 11.4. The zero-order valence-electron chi connectivity index (χ0n) is 19.4. The van der Waals surface area contributed by atoms with Gasteiger partial charge in [0.15, 0.2) is 11.5 Å². The average molecular weight is 701 g/mol. The van der Waals surface area contributed by atoms with Crippen LogP contribution in [0.3, 0.4) is 0 Å². The number of aromatic nitrogens is 2. The molecule has 0 radical (unpaired) electrons. The van der Waals surface area contributed by atoms with Crippen LogP contribution in [-0.2, 0) is 13.0 Å². The second-order valence-electron chi connectivity index (χ2n) is 7.87. The Morgan fingerprint density at radius 3 is 2.67 bits per heavy atom. The van der Waals surface area contributed by atoms with Gasteiger partial charge in [-0.15, -0.1) is 0 Å². The predicted molar refractivity (Wildman–Crippen MR) is 157 cm³/mol. The quantitative estimate of drug-likeness (QED) is 0.141. The standard InChI is InChI=1S/C26H21BrCl2IN3O3/c1-3-4-24-32-22-8-6-17(27)12-18(22)26(34)33(24)31-13-16-10-21(30)25(23(11-16)35-2)36-14-15-5-7-19(28)20(29)9-15/h5-13H,3-4,14H2,1-2H3. The van der Waals surface area contributed by atoms with Crippen molar-refractivity contribution in [1.82, 2.24) is 9.66 Å². The number of ether oxygens (including phenoxy) is 2. The zero-order valence-corrected chi connectivity index (χ0v) is 24.7. The summed E-state index contributed by atoms with van der Waals surface area (Å²) in [6, 6.07) is 14.5.